The highest BCUT2D eigenvalue weighted by Gasteiger charge is 2.19. The Bertz CT molecular complexity index is 975. The molecule has 0 saturated carbocycles. The summed E-state index contributed by atoms with van der Waals surface area (Å²) in [6, 6.07) is 0. The first-order chi connectivity index (χ1) is 25.5. The molecule has 0 heterocycles. The highest BCUT2D eigenvalue weighted by Crippen LogP contribution is 2.12. The zero-order valence-electron chi connectivity index (χ0n) is 33.8. The molecule has 0 spiro atoms. The van der Waals surface area contributed by atoms with Crippen molar-refractivity contribution in [3.63, 3.8) is 0 Å². The molecule has 0 rings (SSSR count). The Balaban J connectivity index is 4.47. The van der Waals surface area contributed by atoms with Crippen molar-refractivity contribution >= 4 is 17.9 Å². The van der Waals surface area contributed by atoms with Gasteiger partial charge >= 0.3 is 17.9 Å². The number of carbonyl (C=O) groups excluding carboxylic acids is 3. The number of hydrogen-bond acceptors (Lipinski definition) is 6. The van der Waals surface area contributed by atoms with Crippen LogP contribution in [0.15, 0.2) is 60.8 Å². The van der Waals surface area contributed by atoms with Gasteiger partial charge in [-0.1, -0.05) is 139 Å². The van der Waals surface area contributed by atoms with Crippen LogP contribution in [0.1, 0.15) is 194 Å². The molecule has 0 radical (unpaired) electrons. The maximum atomic E-state index is 12.7. The molecule has 0 fully saturated rings. The lowest BCUT2D eigenvalue weighted by Crippen LogP contribution is -2.30. The second-order valence-corrected chi connectivity index (χ2v) is 13.9. The van der Waals surface area contributed by atoms with Crippen LogP contribution >= 0.6 is 0 Å². The lowest BCUT2D eigenvalue weighted by Gasteiger charge is -2.18. The normalized spacial score (nSPS) is 12.6. The van der Waals surface area contributed by atoms with Crippen molar-refractivity contribution in [3.05, 3.63) is 60.8 Å². The third kappa shape index (κ3) is 38.3. The van der Waals surface area contributed by atoms with Crippen LogP contribution in [0, 0.1) is 0 Å². The third-order valence-electron chi connectivity index (χ3n) is 8.73. The van der Waals surface area contributed by atoms with Gasteiger partial charge in [-0.05, 0) is 96.3 Å². The van der Waals surface area contributed by atoms with Gasteiger partial charge in [0.25, 0.3) is 0 Å². The second kappa shape index (κ2) is 40.9. The minimum Gasteiger partial charge on any atom is -0.462 e. The number of esters is 3. The molecule has 0 bridgehead atoms. The summed E-state index contributed by atoms with van der Waals surface area (Å²) in [4.78, 5) is 37.6. The van der Waals surface area contributed by atoms with E-state index in [2.05, 4.69) is 81.5 Å². The topological polar surface area (TPSA) is 78.9 Å². The lowest BCUT2D eigenvalue weighted by molar-refractivity contribution is -0.167. The molecule has 0 aliphatic heterocycles. The van der Waals surface area contributed by atoms with Crippen molar-refractivity contribution in [1.29, 1.82) is 0 Å². The Morgan fingerprint density at radius 3 is 1.29 bits per heavy atom. The first kappa shape index (κ1) is 49.1. The molecular formula is C46H78O6. The van der Waals surface area contributed by atoms with Crippen LogP contribution < -0.4 is 0 Å². The summed E-state index contributed by atoms with van der Waals surface area (Å²) in [6.45, 7) is 6.37. The molecule has 1 atom stereocenters. The summed E-state index contributed by atoms with van der Waals surface area (Å²) in [6.07, 6.45) is 47.8. The number of ether oxygens (including phenoxy) is 3. The van der Waals surface area contributed by atoms with Crippen LogP contribution in [-0.2, 0) is 28.6 Å². The number of allylic oxidation sites excluding steroid dienone is 10. The summed E-state index contributed by atoms with van der Waals surface area (Å²) in [5, 5.41) is 0. The van der Waals surface area contributed by atoms with Crippen LogP contribution in [0.4, 0.5) is 0 Å². The van der Waals surface area contributed by atoms with Crippen LogP contribution in [0.2, 0.25) is 0 Å². The maximum absolute atomic E-state index is 12.7. The molecule has 0 aromatic heterocycles. The summed E-state index contributed by atoms with van der Waals surface area (Å²) < 4.78 is 16.6. The standard InChI is InChI=1S/C46H78O6/c1-4-7-10-13-16-19-22-24-27-30-33-36-39-45(48)51-42-43(41-50-44(47)38-35-32-29-26-21-18-15-12-9-6-3)52-46(49)40-37-34-31-28-25-23-20-17-14-11-8-5-2/h7,10,15-20,24,27,43H,4-6,8-9,11-14,21-23,25-26,28-42H2,1-3H3/b10-7-,18-15-,19-16-,20-17-,27-24-. The van der Waals surface area contributed by atoms with Gasteiger partial charge in [0.1, 0.15) is 13.2 Å². The molecule has 1 unspecified atom stereocenters. The molecule has 0 saturated heterocycles. The Morgan fingerprint density at radius 2 is 0.769 bits per heavy atom. The van der Waals surface area contributed by atoms with Crippen molar-refractivity contribution < 1.29 is 28.6 Å². The predicted octanol–water partition coefficient (Wildman–Crippen LogP) is 13.4. The van der Waals surface area contributed by atoms with Gasteiger partial charge in [0.05, 0.1) is 0 Å². The first-order valence-corrected chi connectivity index (χ1v) is 21.3. The molecule has 298 valence electrons. The smallest absolute Gasteiger partial charge is 0.306 e. The molecule has 0 aliphatic rings. The minimum atomic E-state index is -0.794. The fraction of sp³-hybridized carbons (Fsp3) is 0.717. The zero-order chi connectivity index (χ0) is 38.0. The number of unbranched alkanes of at least 4 members (excludes halogenated alkanes) is 16. The fourth-order valence-electron chi connectivity index (χ4n) is 5.49. The van der Waals surface area contributed by atoms with Crippen molar-refractivity contribution in [2.45, 2.75) is 200 Å². The quantitative estimate of drug-likeness (QED) is 0.0274. The van der Waals surface area contributed by atoms with Crippen molar-refractivity contribution in [3.8, 4) is 0 Å². The summed E-state index contributed by atoms with van der Waals surface area (Å²) in [5.41, 5.74) is 0. The number of hydrogen-bond donors (Lipinski definition) is 0. The van der Waals surface area contributed by atoms with Gasteiger partial charge < -0.3 is 14.2 Å². The number of rotatable bonds is 37. The van der Waals surface area contributed by atoms with E-state index in [1.807, 2.05) is 0 Å². The minimum absolute atomic E-state index is 0.0967. The molecule has 0 aromatic carbocycles. The van der Waals surface area contributed by atoms with Crippen LogP contribution in [-0.4, -0.2) is 37.2 Å². The van der Waals surface area contributed by atoms with Crippen LogP contribution in [0.3, 0.4) is 0 Å². The van der Waals surface area contributed by atoms with Gasteiger partial charge in [-0.25, -0.2) is 0 Å². The molecule has 0 N–H and O–H groups in total. The monoisotopic (exact) mass is 727 g/mol. The predicted molar refractivity (Wildman–Crippen MR) is 219 cm³/mol. The van der Waals surface area contributed by atoms with E-state index < -0.39 is 6.10 Å². The van der Waals surface area contributed by atoms with E-state index in [1.165, 1.54) is 44.9 Å². The summed E-state index contributed by atoms with van der Waals surface area (Å²) >= 11 is 0. The lowest BCUT2D eigenvalue weighted by atomic mass is 10.1. The van der Waals surface area contributed by atoms with Gasteiger partial charge in [-0.2, -0.15) is 0 Å². The first-order valence-electron chi connectivity index (χ1n) is 21.3. The Morgan fingerprint density at radius 1 is 0.404 bits per heavy atom. The second-order valence-electron chi connectivity index (χ2n) is 13.9. The molecule has 0 amide bonds. The van der Waals surface area contributed by atoms with Gasteiger partial charge in [0.15, 0.2) is 6.10 Å². The fourth-order valence-corrected chi connectivity index (χ4v) is 5.49. The van der Waals surface area contributed by atoms with Crippen molar-refractivity contribution in [2.75, 3.05) is 13.2 Å². The third-order valence-corrected chi connectivity index (χ3v) is 8.73. The average molecular weight is 727 g/mol. The highest BCUT2D eigenvalue weighted by atomic mass is 16.6. The molecular weight excluding hydrogens is 648 g/mol. The van der Waals surface area contributed by atoms with Crippen molar-refractivity contribution in [2.24, 2.45) is 0 Å². The Kier molecular flexibility index (Phi) is 38.6. The zero-order valence-corrected chi connectivity index (χ0v) is 33.8. The molecule has 6 nitrogen and oxygen atoms in total. The highest BCUT2D eigenvalue weighted by molar-refractivity contribution is 5.71. The van der Waals surface area contributed by atoms with Gasteiger partial charge in [-0.3, -0.25) is 14.4 Å². The Labute approximate surface area is 320 Å². The average Bonchev–Trinajstić information content (AvgIpc) is 3.14. The SMILES string of the molecule is CC/C=C\C/C=C\C/C=C\CCCCC(=O)OCC(COC(=O)CCCCCC/C=C\CCCC)OC(=O)CCCCCCC/C=C\CCCCC. The molecule has 0 aliphatic carbocycles. The Hall–Kier alpha value is -2.89. The molecule has 0 aromatic rings. The van der Waals surface area contributed by atoms with E-state index in [1.54, 1.807) is 0 Å². The van der Waals surface area contributed by atoms with E-state index in [9.17, 15) is 14.4 Å². The van der Waals surface area contributed by atoms with Crippen LogP contribution in [0.25, 0.3) is 0 Å². The van der Waals surface area contributed by atoms with E-state index in [4.69, 9.17) is 14.2 Å². The van der Waals surface area contributed by atoms with E-state index >= 15 is 0 Å². The van der Waals surface area contributed by atoms with E-state index in [-0.39, 0.29) is 31.1 Å². The van der Waals surface area contributed by atoms with E-state index in [0.717, 1.165) is 109 Å². The number of carbonyl (C=O) groups is 3. The molecule has 52 heavy (non-hydrogen) atoms. The summed E-state index contributed by atoms with van der Waals surface area (Å²) in [5.74, 6) is -0.968. The van der Waals surface area contributed by atoms with Gasteiger partial charge in [-0.15, -0.1) is 0 Å². The van der Waals surface area contributed by atoms with E-state index in [0.29, 0.717) is 19.3 Å². The van der Waals surface area contributed by atoms with Crippen molar-refractivity contribution in [1.82, 2.24) is 0 Å². The maximum Gasteiger partial charge on any atom is 0.306 e. The summed E-state index contributed by atoms with van der Waals surface area (Å²) in [7, 11) is 0. The van der Waals surface area contributed by atoms with Gasteiger partial charge in [0, 0.05) is 19.3 Å². The van der Waals surface area contributed by atoms with Gasteiger partial charge in [0.2, 0.25) is 0 Å². The van der Waals surface area contributed by atoms with Crippen LogP contribution in [0.5, 0.6) is 0 Å². The molecule has 6 heteroatoms. The largest absolute Gasteiger partial charge is 0.462 e.